The van der Waals surface area contributed by atoms with Gasteiger partial charge in [-0.25, -0.2) is 13.6 Å². The first kappa shape index (κ1) is 31.7. The molecule has 0 atom stereocenters. The molecule has 0 saturated heterocycles. The number of rotatable bonds is 10. The summed E-state index contributed by atoms with van der Waals surface area (Å²) in [7, 11) is 1.93. The van der Waals surface area contributed by atoms with Gasteiger partial charge in [-0.2, -0.15) is 0 Å². The summed E-state index contributed by atoms with van der Waals surface area (Å²) in [6.45, 7) is 5.40. The average Bonchev–Trinajstić information content (AvgIpc) is 3.43. The Bertz CT molecular complexity index is 1920. The molecule has 0 aliphatic heterocycles. The van der Waals surface area contributed by atoms with Gasteiger partial charge in [-0.15, -0.1) is 11.3 Å². The maximum absolute atomic E-state index is 14.8. The van der Waals surface area contributed by atoms with Crippen LogP contribution in [0.15, 0.2) is 83.8 Å². The zero-order valence-electron chi connectivity index (χ0n) is 25.4. The number of nitrogens with one attached hydrogen (secondary N) is 1. The molecule has 1 N–H and O–H groups in total. The number of thiophene rings is 1. The molecule has 0 aliphatic rings. The van der Waals surface area contributed by atoms with Crippen LogP contribution in [0.25, 0.3) is 21.3 Å². The maximum Gasteiger partial charge on any atom is 0.343 e. The number of fused-ring (bicyclic) bond motifs is 1. The van der Waals surface area contributed by atoms with Crippen molar-refractivity contribution in [2.75, 3.05) is 12.4 Å². The summed E-state index contributed by atoms with van der Waals surface area (Å²) in [6.07, 6.45) is 0.824. The third-order valence-corrected chi connectivity index (χ3v) is 8.24. The van der Waals surface area contributed by atoms with Crippen LogP contribution in [-0.2, 0) is 29.2 Å². The molecule has 3 aromatic carbocycles. The van der Waals surface area contributed by atoms with E-state index < -0.39 is 29.1 Å². The van der Waals surface area contributed by atoms with Crippen LogP contribution in [0.5, 0.6) is 0 Å². The Balaban J connectivity index is 1.76. The molecule has 0 spiro atoms. The van der Waals surface area contributed by atoms with Gasteiger partial charge in [0.25, 0.3) is 0 Å². The number of halogens is 2. The number of hydrogen-bond donors (Lipinski definition) is 1. The summed E-state index contributed by atoms with van der Waals surface area (Å²) < 4.78 is 36.6. The summed E-state index contributed by atoms with van der Waals surface area (Å²) in [5.74, 6) is -2.51. The zero-order chi connectivity index (χ0) is 32.2. The van der Waals surface area contributed by atoms with E-state index >= 15 is 0 Å². The Kier molecular flexibility index (Phi) is 9.55. The predicted molar refractivity (Wildman–Crippen MR) is 173 cm³/mol. The van der Waals surface area contributed by atoms with Crippen molar-refractivity contribution in [1.29, 1.82) is 0 Å². The standard InChI is InChI=1S/C35H33F2N3O4S/c1-21(2)44-35(43)27-20-40(19-26-28(36)11-8-12-29(26)37)30-14-13-24(31-15-16-32(45-31)38-22(3)41)25(33(30)34(27)42)18-39(4)17-23-9-6-5-7-10-23/h5-16,20-21H,17-19H2,1-4H3,(H,38,41). The van der Waals surface area contributed by atoms with Gasteiger partial charge >= 0.3 is 5.97 Å². The molecule has 0 fully saturated rings. The van der Waals surface area contributed by atoms with Crippen molar-refractivity contribution >= 4 is 39.1 Å². The lowest BCUT2D eigenvalue weighted by Crippen LogP contribution is -2.25. The molecule has 5 aromatic rings. The smallest absolute Gasteiger partial charge is 0.343 e. The molecule has 0 bridgehead atoms. The van der Waals surface area contributed by atoms with E-state index in [0.717, 1.165) is 16.0 Å². The quantitative estimate of drug-likeness (QED) is 0.165. The molecule has 45 heavy (non-hydrogen) atoms. The molecule has 10 heteroatoms. The summed E-state index contributed by atoms with van der Waals surface area (Å²) in [4.78, 5) is 42.1. The number of amides is 1. The minimum atomic E-state index is -0.822. The third kappa shape index (κ3) is 7.19. The Morgan fingerprint density at radius 1 is 0.933 bits per heavy atom. The second kappa shape index (κ2) is 13.5. The van der Waals surface area contributed by atoms with Crippen molar-refractivity contribution in [2.45, 2.75) is 46.5 Å². The molecule has 0 saturated carbocycles. The average molecular weight is 630 g/mol. The van der Waals surface area contributed by atoms with E-state index in [-0.39, 0.29) is 29.0 Å². The summed E-state index contributed by atoms with van der Waals surface area (Å²) in [6, 6.07) is 20.7. The van der Waals surface area contributed by atoms with Crippen LogP contribution in [0.4, 0.5) is 13.8 Å². The van der Waals surface area contributed by atoms with Crippen LogP contribution < -0.4 is 10.7 Å². The summed E-state index contributed by atoms with van der Waals surface area (Å²) in [5.41, 5.74) is 1.88. The summed E-state index contributed by atoms with van der Waals surface area (Å²) >= 11 is 1.35. The first-order chi connectivity index (χ1) is 21.5. The number of carbonyl (C=O) groups excluding carboxylic acids is 2. The highest BCUT2D eigenvalue weighted by molar-refractivity contribution is 7.19. The maximum atomic E-state index is 14.8. The molecular weight excluding hydrogens is 596 g/mol. The number of anilines is 1. The van der Waals surface area contributed by atoms with Gasteiger partial charge in [0.2, 0.25) is 11.3 Å². The second-order valence-corrected chi connectivity index (χ2v) is 12.2. The van der Waals surface area contributed by atoms with E-state index in [2.05, 4.69) is 10.2 Å². The normalized spacial score (nSPS) is 11.4. The lowest BCUT2D eigenvalue weighted by Gasteiger charge is -2.22. The molecule has 0 aliphatic carbocycles. The Hall–Kier alpha value is -4.67. The first-order valence-corrected chi connectivity index (χ1v) is 15.3. The number of aromatic nitrogens is 1. The van der Waals surface area contributed by atoms with Crippen LogP contribution >= 0.6 is 11.3 Å². The predicted octanol–water partition coefficient (Wildman–Crippen LogP) is 7.21. The zero-order valence-corrected chi connectivity index (χ0v) is 26.2. The fourth-order valence-corrected chi connectivity index (χ4v) is 6.30. The fraction of sp³-hybridized carbons (Fsp3) is 0.229. The van der Waals surface area contributed by atoms with Crippen molar-refractivity contribution in [3.63, 3.8) is 0 Å². The number of hydrogen-bond acceptors (Lipinski definition) is 6. The van der Waals surface area contributed by atoms with Crippen molar-refractivity contribution < 1.29 is 23.1 Å². The van der Waals surface area contributed by atoms with Gasteiger partial charge in [0.15, 0.2) is 0 Å². The largest absolute Gasteiger partial charge is 0.459 e. The van der Waals surface area contributed by atoms with E-state index in [0.29, 0.717) is 29.2 Å². The lowest BCUT2D eigenvalue weighted by atomic mass is 9.97. The Morgan fingerprint density at radius 3 is 2.31 bits per heavy atom. The van der Waals surface area contributed by atoms with Gasteiger partial charge in [0, 0.05) is 36.7 Å². The number of benzene rings is 3. The van der Waals surface area contributed by atoms with Gasteiger partial charge in [-0.05, 0) is 67.9 Å². The van der Waals surface area contributed by atoms with E-state index in [1.165, 1.54) is 47.2 Å². The molecule has 7 nitrogen and oxygen atoms in total. The fourth-order valence-electron chi connectivity index (χ4n) is 5.29. The Morgan fingerprint density at radius 2 is 1.64 bits per heavy atom. The minimum absolute atomic E-state index is 0.198. The number of nitrogens with zero attached hydrogens (tertiary/aromatic N) is 2. The van der Waals surface area contributed by atoms with E-state index in [1.54, 1.807) is 26.0 Å². The van der Waals surface area contributed by atoms with E-state index in [9.17, 15) is 23.2 Å². The van der Waals surface area contributed by atoms with Crippen LogP contribution in [0, 0.1) is 11.6 Å². The highest BCUT2D eigenvalue weighted by Crippen LogP contribution is 2.37. The van der Waals surface area contributed by atoms with Gasteiger partial charge < -0.3 is 14.6 Å². The SMILES string of the molecule is CC(=O)Nc1ccc(-c2ccc3c(c2CN(C)Cc2ccccc2)c(=O)c(C(=O)OC(C)C)cn3Cc2c(F)cccc2F)s1. The van der Waals surface area contributed by atoms with Crippen molar-refractivity contribution in [2.24, 2.45) is 0 Å². The molecule has 5 rings (SSSR count). The van der Waals surface area contributed by atoms with E-state index in [4.69, 9.17) is 4.74 Å². The summed E-state index contributed by atoms with van der Waals surface area (Å²) in [5, 5.41) is 3.69. The number of pyridine rings is 1. The Labute approximate surface area is 263 Å². The molecule has 232 valence electrons. The third-order valence-electron chi connectivity index (χ3n) is 7.20. The molecule has 1 amide bonds. The monoisotopic (exact) mass is 629 g/mol. The van der Waals surface area contributed by atoms with Crippen molar-refractivity contribution in [3.05, 3.63) is 123 Å². The second-order valence-electron chi connectivity index (χ2n) is 11.1. The van der Waals surface area contributed by atoms with Crippen LogP contribution in [-0.4, -0.2) is 34.5 Å². The van der Waals surface area contributed by atoms with Crippen LogP contribution in [0.2, 0.25) is 0 Å². The number of carbonyl (C=O) groups is 2. The molecular formula is C35H33F2N3O4S. The van der Waals surface area contributed by atoms with Gasteiger partial charge in [-0.1, -0.05) is 42.5 Å². The number of ether oxygens (including phenoxy) is 1. The van der Waals surface area contributed by atoms with Crippen LogP contribution in [0.1, 0.15) is 47.8 Å². The van der Waals surface area contributed by atoms with Crippen molar-refractivity contribution in [1.82, 2.24) is 9.47 Å². The molecule has 2 aromatic heterocycles. The highest BCUT2D eigenvalue weighted by atomic mass is 32.1. The first-order valence-electron chi connectivity index (χ1n) is 14.4. The highest BCUT2D eigenvalue weighted by Gasteiger charge is 2.24. The minimum Gasteiger partial charge on any atom is -0.459 e. The lowest BCUT2D eigenvalue weighted by molar-refractivity contribution is -0.114. The van der Waals surface area contributed by atoms with Crippen LogP contribution in [0.3, 0.4) is 0 Å². The molecule has 0 radical (unpaired) electrons. The van der Waals surface area contributed by atoms with Gasteiger partial charge in [0.1, 0.15) is 17.2 Å². The molecule has 0 unspecified atom stereocenters. The topological polar surface area (TPSA) is 80.6 Å². The molecule has 2 heterocycles. The van der Waals surface area contributed by atoms with Crippen molar-refractivity contribution in [3.8, 4) is 10.4 Å². The van der Waals surface area contributed by atoms with Gasteiger partial charge in [-0.3, -0.25) is 14.5 Å². The van der Waals surface area contributed by atoms with Gasteiger partial charge in [0.05, 0.1) is 28.6 Å². The van der Waals surface area contributed by atoms with E-state index in [1.807, 2.05) is 49.5 Å². The number of esters is 1.